The van der Waals surface area contributed by atoms with E-state index in [0.29, 0.717) is 6.04 Å². The molecule has 0 saturated heterocycles. The highest BCUT2D eigenvalue weighted by Crippen LogP contribution is 2.18. The van der Waals surface area contributed by atoms with Gasteiger partial charge in [0.05, 0.1) is 0 Å². The van der Waals surface area contributed by atoms with E-state index in [-0.39, 0.29) is 0 Å². The van der Waals surface area contributed by atoms with Crippen molar-refractivity contribution in [1.82, 2.24) is 10.2 Å². The lowest BCUT2D eigenvalue weighted by atomic mass is 10.1. The Morgan fingerprint density at radius 3 is 2.47 bits per heavy atom. The van der Waals surface area contributed by atoms with Gasteiger partial charge in [0.2, 0.25) is 0 Å². The van der Waals surface area contributed by atoms with Gasteiger partial charge in [-0.05, 0) is 52.0 Å². The highest BCUT2D eigenvalue weighted by Gasteiger charge is 2.11. The van der Waals surface area contributed by atoms with Crippen LogP contribution in [0, 0.1) is 0 Å². The first kappa shape index (κ1) is 14.7. The Morgan fingerprint density at radius 1 is 1.24 bits per heavy atom. The molecular formula is C14H26N2S. The Bertz CT molecular complexity index is 307. The topological polar surface area (TPSA) is 15.3 Å². The first-order valence-electron chi connectivity index (χ1n) is 6.61. The minimum Gasteiger partial charge on any atom is -0.312 e. The van der Waals surface area contributed by atoms with Crippen molar-refractivity contribution < 1.29 is 0 Å². The smallest absolute Gasteiger partial charge is 0.0242 e. The molecular weight excluding hydrogens is 228 g/mol. The molecule has 1 rings (SSSR count). The fraction of sp³-hybridized carbons (Fsp3) is 0.714. The summed E-state index contributed by atoms with van der Waals surface area (Å²) in [7, 11) is 4.29. The highest BCUT2D eigenvalue weighted by molar-refractivity contribution is 7.11. The molecule has 1 atom stereocenters. The molecule has 0 aromatic carbocycles. The van der Waals surface area contributed by atoms with Crippen molar-refractivity contribution in [2.75, 3.05) is 27.2 Å². The van der Waals surface area contributed by atoms with Crippen LogP contribution in [0.3, 0.4) is 0 Å². The normalized spacial score (nSPS) is 13.2. The summed E-state index contributed by atoms with van der Waals surface area (Å²) in [4.78, 5) is 5.28. The lowest BCUT2D eigenvalue weighted by Crippen LogP contribution is -2.40. The van der Waals surface area contributed by atoms with E-state index < -0.39 is 0 Å². The van der Waals surface area contributed by atoms with Gasteiger partial charge in [-0.25, -0.2) is 0 Å². The van der Waals surface area contributed by atoms with Crippen LogP contribution in [0.2, 0.25) is 0 Å². The quantitative estimate of drug-likeness (QED) is 0.767. The summed E-state index contributed by atoms with van der Waals surface area (Å²) in [5.41, 5.74) is 0. The van der Waals surface area contributed by atoms with E-state index >= 15 is 0 Å². The maximum Gasteiger partial charge on any atom is 0.0242 e. The summed E-state index contributed by atoms with van der Waals surface area (Å²) in [6.07, 6.45) is 3.52. The van der Waals surface area contributed by atoms with Crippen LogP contribution in [0.1, 0.15) is 30.0 Å². The second-order valence-corrected chi connectivity index (χ2v) is 6.09. The molecule has 0 radical (unpaired) electrons. The van der Waals surface area contributed by atoms with E-state index in [1.807, 2.05) is 11.3 Å². The van der Waals surface area contributed by atoms with Crippen molar-refractivity contribution in [2.24, 2.45) is 0 Å². The number of thiophene rings is 1. The summed E-state index contributed by atoms with van der Waals surface area (Å²) in [5, 5.41) is 3.64. The number of hydrogen-bond acceptors (Lipinski definition) is 3. The van der Waals surface area contributed by atoms with Gasteiger partial charge in [-0.1, -0.05) is 13.8 Å². The zero-order valence-electron chi connectivity index (χ0n) is 11.6. The lowest BCUT2D eigenvalue weighted by molar-refractivity contribution is 0.337. The highest BCUT2D eigenvalue weighted by atomic mass is 32.1. The summed E-state index contributed by atoms with van der Waals surface area (Å²) < 4.78 is 0. The number of nitrogens with one attached hydrogen (secondary N) is 1. The zero-order chi connectivity index (χ0) is 12.7. The van der Waals surface area contributed by atoms with Crippen molar-refractivity contribution >= 4 is 11.3 Å². The third-order valence-electron chi connectivity index (χ3n) is 2.78. The third-order valence-corrected chi connectivity index (χ3v) is 4.03. The van der Waals surface area contributed by atoms with Gasteiger partial charge in [0.15, 0.2) is 0 Å². The van der Waals surface area contributed by atoms with Gasteiger partial charge in [-0.2, -0.15) is 0 Å². The summed E-state index contributed by atoms with van der Waals surface area (Å²) in [6.45, 7) is 6.67. The first-order valence-corrected chi connectivity index (χ1v) is 7.43. The minimum atomic E-state index is 0.577. The largest absolute Gasteiger partial charge is 0.312 e. The van der Waals surface area contributed by atoms with Gasteiger partial charge in [0, 0.05) is 22.3 Å². The molecule has 2 nitrogen and oxygen atoms in total. The Balaban J connectivity index is 2.51. The molecule has 0 saturated carbocycles. The van der Waals surface area contributed by atoms with Crippen LogP contribution in [-0.4, -0.2) is 38.1 Å². The number of nitrogens with zero attached hydrogens (tertiary/aromatic N) is 1. The third kappa shape index (κ3) is 5.66. The van der Waals surface area contributed by atoms with E-state index in [1.54, 1.807) is 0 Å². The molecule has 0 fully saturated rings. The van der Waals surface area contributed by atoms with Gasteiger partial charge >= 0.3 is 0 Å². The van der Waals surface area contributed by atoms with Crippen LogP contribution in [0.4, 0.5) is 0 Å². The fourth-order valence-corrected chi connectivity index (χ4v) is 2.99. The average Bonchev–Trinajstić information content (AvgIpc) is 2.73. The Labute approximate surface area is 110 Å². The van der Waals surface area contributed by atoms with Gasteiger partial charge in [-0.3, -0.25) is 0 Å². The number of rotatable bonds is 8. The van der Waals surface area contributed by atoms with E-state index in [1.165, 1.54) is 16.2 Å². The molecule has 1 aromatic rings. The molecule has 98 valence electrons. The van der Waals surface area contributed by atoms with Crippen LogP contribution < -0.4 is 5.32 Å². The molecule has 17 heavy (non-hydrogen) atoms. The first-order chi connectivity index (χ1) is 8.15. The Hall–Kier alpha value is -0.380. The molecule has 0 aliphatic heterocycles. The van der Waals surface area contributed by atoms with Crippen molar-refractivity contribution in [3.05, 3.63) is 21.9 Å². The molecule has 0 aliphatic rings. The van der Waals surface area contributed by atoms with Crippen LogP contribution >= 0.6 is 11.3 Å². The summed E-state index contributed by atoms with van der Waals surface area (Å²) in [5.74, 6) is 0. The molecule has 1 unspecified atom stereocenters. The van der Waals surface area contributed by atoms with Crippen LogP contribution in [0.5, 0.6) is 0 Å². The molecule has 0 spiro atoms. The van der Waals surface area contributed by atoms with Crippen molar-refractivity contribution in [3.8, 4) is 0 Å². The Morgan fingerprint density at radius 2 is 1.94 bits per heavy atom. The number of hydrogen-bond donors (Lipinski definition) is 1. The van der Waals surface area contributed by atoms with Gasteiger partial charge < -0.3 is 10.2 Å². The second kappa shape index (κ2) is 7.85. The summed E-state index contributed by atoms with van der Waals surface area (Å²) in [6, 6.07) is 5.14. The predicted octanol–water partition coefficient (Wildman–Crippen LogP) is 2.78. The Kier molecular flexibility index (Phi) is 6.78. The molecule has 1 N–H and O–H groups in total. The van der Waals surface area contributed by atoms with E-state index in [9.17, 15) is 0 Å². The molecule has 0 bridgehead atoms. The van der Waals surface area contributed by atoms with Crippen molar-refractivity contribution in [2.45, 2.75) is 39.2 Å². The second-order valence-electron chi connectivity index (χ2n) is 4.84. The molecule has 3 heteroatoms. The molecule has 0 amide bonds. The number of likely N-dealkylation sites (N-methyl/N-ethyl adjacent to an activating group) is 1. The van der Waals surface area contributed by atoms with Crippen molar-refractivity contribution in [1.29, 1.82) is 0 Å². The molecule has 1 aromatic heterocycles. The summed E-state index contributed by atoms with van der Waals surface area (Å²) >= 11 is 1.96. The standard InChI is InChI=1S/C14H26N2S/c1-5-9-15-12(11-16(3)4)10-14-8-7-13(6-2)17-14/h7-8,12,15H,5-6,9-11H2,1-4H3. The fourth-order valence-electron chi connectivity index (χ4n) is 1.96. The maximum atomic E-state index is 3.64. The van der Waals surface area contributed by atoms with Crippen LogP contribution in [0.15, 0.2) is 12.1 Å². The maximum absolute atomic E-state index is 3.64. The zero-order valence-corrected chi connectivity index (χ0v) is 12.4. The van der Waals surface area contributed by atoms with Crippen LogP contribution in [-0.2, 0) is 12.8 Å². The van der Waals surface area contributed by atoms with E-state index in [4.69, 9.17) is 0 Å². The average molecular weight is 254 g/mol. The molecule has 0 aliphatic carbocycles. The van der Waals surface area contributed by atoms with Gasteiger partial charge in [0.25, 0.3) is 0 Å². The SMILES string of the molecule is CCCNC(Cc1ccc(CC)s1)CN(C)C. The van der Waals surface area contributed by atoms with E-state index in [2.05, 4.69) is 50.3 Å². The van der Waals surface area contributed by atoms with Gasteiger partial charge in [-0.15, -0.1) is 11.3 Å². The van der Waals surface area contributed by atoms with Crippen LogP contribution in [0.25, 0.3) is 0 Å². The number of aryl methyl sites for hydroxylation is 1. The predicted molar refractivity (Wildman–Crippen MR) is 78.0 cm³/mol. The molecule has 1 heterocycles. The minimum absolute atomic E-state index is 0.577. The lowest BCUT2D eigenvalue weighted by Gasteiger charge is -2.21. The van der Waals surface area contributed by atoms with Crippen molar-refractivity contribution in [3.63, 3.8) is 0 Å². The monoisotopic (exact) mass is 254 g/mol. The van der Waals surface area contributed by atoms with Gasteiger partial charge in [0.1, 0.15) is 0 Å². The van der Waals surface area contributed by atoms with E-state index in [0.717, 1.165) is 25.9 Å².